The van der Waals surface area contributed by atoms with E-state index in [0.717, 1.165) is 40.8 Å². The summed E-state index contributed by atoms with van der Waals surface area (Å²) in [5.41, 5.74) is 6.00. The largest absolute Gasteiger partial charge is 0.519 e. The van der Waals surface area contributed by atoms with E-state index in [1.807, 2.05) is 62.4 Å². The molecule has 0 heterocycles. The van der Waals surface area contributed by atoms with E-state index in [1.165, 1.54) is 37.3 Å². The zero-order valence-electron chi connectivity index (χ0n) is 24.6. The van der Waals surface area contributed by atoms with Crippen LogP contribution in [0.15, 0.2) is 84.9 Å². The number of hydrogen-bond acceptors (Lipinski definition) is 6. The van der Waals surface area contributed by atoms with Crippen molar-refractivity contribution in [3.63, 3.8) is 0 Å². The van der Waals surface area contributed by atoms with Crippen LogP contribution in [-0.2, 0) is 10.2 Å². The Morgan fingerprint density at radius 2 is 1.12 bits per heavy atom. The van der Waals surface area contributed by atoms with Gasteiger partial charge in [0.2, 0.25) is 0 Å². The highest BCUT2D eigenvalue weighted by Gasteiger charge is 2.35. The molecule has 0 bridgehead atoms. The molecule has 4 aromatic carbocycles. The van der Waals surface area contributed by atoms with E-state index < -0.39 is 6.16 Å². The topological polar surface area (TPSA) is 71.1 Å². The third kappa shape index (κ3) is 6.33. The second-order valence-corrected chi connectivity index (χ2v) is 10.9. The van der Waals surface area contributed by atoms with Crippen LogP contribution in [0.5, 0.6) is 23.0 Å². The SMILES string of the molecule is COc1ccc(C2(c3ccc(OC(=O)Oc4ccc(-c5ccc(OC(C)=O)c(C)c5)cc4C)cc3)CCCCC2)cc1. The standard InChI is InChI=1S/C36H36O6/c1-24-22-27(8-18-33(24)40-26(3)37)28-9-19-34(25(2)23-28)42-35(38)41-32-16-12-30(13-17-32)36(20-6-5-7-21-36)29-10-14-31(39-4)15-11-29/h8-19,22-23H,5-7,20-21H2,1-4H3. The summed E-state index contributed by atoms with van der Waals surface area (Å²) in [4.78, 5) is 24.0. The van der Waals surface area contributed by atoms with Crippen LogP contribution in [-0.4, -0.2) is 19.2 Å². The fourth-order valence-corrected chi connectivity index (χ4v) is 5.90. The van der Waals surface area contributed by atoms with Crippen LogP contribution in [0.1, 0.15) is 61.3 Å². The van der Waals surface area contributed by atoms with Crippen molar-refractivity contribution in [2.24, 2.45) is 0 Å². The third-order valence-electron chi connectivity index (χ3n) is 8.09. The van der Waals surface area contributed by atoms with Gasteiger partial charge in [0.15, 0.2) is 0 Å². The van der Waals surface area contributed by atoms with Gasteiger partial charge in [-0.3, -0.25) is 4.79 Å². The minimum atomic E-state index is -0.789. The molecule has 1 saturated carbocycles. The molecule has 0 amide bonds. The fraction of sp³-hybridized carbons (Fsp3) is 0.278. The van der Waals surface area contributed by atoms with Crippen molar-refractivity contribution in [2.45, 2.75) is 58.3 Å². The van der Waals surface area contributed by atoms with Crippen molar-refractivity contribution >= 4 is 12.1 Å². The van der Waals surface area contributed by atoms with Crippen LogP contribution in [0, 0.1) is 13.8 Å². The molecule has 5 rings (SSSR count). The van der Waals surface area contributed by atoms with Crippen molar-refractivity contribution in [1.82, 2.24) is 0 Å². The van der Waals surface area contributed by atoms with Crippen molar-refractivity contribution in [2.75, 3.05) is 7.11 Å². The molecule has 0 spiro atoms. The highest BCUT2D eigenvalue weighted by Crippen LogP contribution is 2.45. The smallest absolute Gasteiger partial charge is 0.497 e. The molecule has 4 aromatic rings. The van der Waals surface area contributed by atoms with Gasteiger partial charge < -0.3 is 18.9 Å². The van der Waals surface area contributed by atoms with Gasteiger partial charge in [-0.05, 0) is 109 Å². The maximum Gasteiger partial charge on any atom is 0.519 e. The average molecular weight is 565 g/mol. The molecule has 0 atom stereocenters. The molecule has 0 radical (unpaired) electrons. The van der Waals surface area contributed by atoms with Gasteiger partial charge in [0.25, 0.3) is 0 Å². The quantitative estimate of drug-likeness (QED) is 0.127. The molecule has 0 unspecified atom stereocenters. The second-order valence-electron chi connectivity index (χ2n) is 10.9. The van der Waals surface area contributed by atoms with Gasteiger partial charge in [-0.15, -0.1) is 0 Å². The fourth-order valence-electron chi connectivity index (χ4n) is 5.90. The molecular formula is C36H36O6. The highest BCUT2D eigenvalue weighted by atomic mass is 16.7. The molecule has 0 N–H and O–H groups in total. The Bertz CT molecular complexity index is 1560. The van der Waals surface area contributed by atoms with Crippen LogP contribution >= 0.6 is 0 Å². The molecule has 0 aliphatic heterocycles. The second kappa shape index (κ2) is 12.5. The molecule has 0 saturated heterocycles. The maximum atomic E-state index is 12.7. The van der Waals surface area contributed by atoms with Crippen LogP contribution in [0.25, 0.3) is 11.1 Å². The molecule has 0 aromatic heterocycles. The predicted molar refractivity (Wildman–Crippen MR) is 163 cm³/mol. The molecule has 216 valence electrons. The third-order valence-corrected chi connectivity index (χ3v) is 8.09. The predicted octanol–water partition coefficient (Wildman–Crippen LogP) is 8.73. The van der Waals surface area contributed by atoms with E-state index in [0.29, 0.717) is 17.2 Å². The highest BCUT2D eigenvalue weighted by molar-refractivity contribution is 5.73. The van der Waals surface area contributed by atoms with E-state index in [-0.39, 0.29) is 11.4 Å². The molecule has 1 fully saturated rings. The zero-order chi connectivity index (χ0) is 29.7. The summed E-state index contributed by atoms with van der Waals surface area (Å²) >= 11 is 0. The van der Waals surface area contributed by atoms with Crippen LogP contribution in [0.2, 0.25) is 0 Å². The lowest BCUT2D eigenvalue weighted by molar-refractivity contribution is -0.131. The normalized spacial score (nSPS) is 14.1. The molecular weight excluding hydrogens is 528 g/mol. The Kier molecular flexibility index (Phi) is 8.62. The monoisotopic (exact) mass is 564 g/mol. The lowest BCUT2D eigenvalue weighted by Gasteiger charge is -2.38. The molecule has 1 aliphatic rings. The summed E-state index contributed by atoms with van der Waals surface area (Å²) in [7, 11) is 1.68. The number of carbonyl (C=O) groups excluding carboxylic acids is 2. The van der Waals surface area contributed by atoms with E-state index in [2.05, 4.69) is 24.3 Å². The van der Waals surface area contributed by atoms with Crippen molar-refractivity contribution in [1.29, 1.82) is 0 Å². The average Bonchev–Trinajstić information content (AvgIpc) is 3.00. The van der Waals surface area contributed by atoms with Gasteiger partial charge in [0.05, 0.1) is 7.11 Å². The summed E-state index contributed by atoms with van der Waals surface area (Å²) in [5.74, 6) is 1.89. The molecule has 6 nitrogen and oxygen atoms in total. The van der Waals surface area contributed by atoms with E-state index in [1.54, 1.807) is 19.2 Å². The molecule has 1 aliphatic carbocycles. The first-order valence-corrected chi connectivity index (χ1v) is 14.3. The number of aryl methyl sites for hydroxylation is 2. The Labute approximate surface area is 247 Å². The number of carbonyl (C=O) groups is 2. The van der Waals surface area contributed by atoms with Gasteiger partial charge in [0.1, 0.15) is 23.0 Å². The lowest BCUT2D eigenvalue weighted by atomic mass is 9.65. The van der Waals surface area contributed by atoms with E-state index in [9.17, 15) is 9.59 Å². The van der Waals surface area contributed by atoms with E-state index in [4.69, 9.17) is 18.9 Å². The van der Waals surface area contributed by atoms with E-state index >= 15 is 0 Å². The Hall–Kier alpha value is -4.58. The van der Waals surface area contributed by atoms with Crippen molar-refractivity contribution < 1.29 is 28.5 Å². The Morgan fingerprint density at radius 3 is 1.60 bits per heavy atom. The number of benzene rings is 4. The van der Waals surface area contributed by atoms with Gasteiger partial charge in [-0.25, -0.2) is 4.79 Å². The summed E-state index contributed by atoms with van der Waals surface area (Å²) in [6, 6.07) is 27.4. The first kappa shape index (κ1) is 28.9. The number of ether oxygens (including phenoxy) is 4. The zero-order valence-corrected chi connectivity index (χ0v) is 24.6. The lowest BCUT2D eigenvalue weighted by Crippen LogP contribution is -2.30. The van der Waals surface area contributed by atoms with Gasteiger partial charge in [-0.1, -0.05) is 55.7 Å². The van der Waals surface area contributed by atoms with Crippen LogP contribution in [0.3, 0.4) is 0 Å². The summed E-state index contributed by atoms with van der Waals surface area (Å²) in [5, 5.41) is 0. The van der Waals surface area contributed by atoms with Crippen molar-refractivity contribution in [3.8, 4) is 34.1 Å². The number of hydrogen-bond donors (Lipinski definition) is 0. The first-order valence-electron chi connectivity index (χ1n) is 14.3. The number of rotatable bonds is 7. The summed E-state index contributed by atoms with van der Waals surface area (Å²) in [6.07, 6.45) is 4.96. The minimum absolute atomic E-state index is 0.0677. The summed E-state index contributed by atoms with van der Waals surface area (Å²) in [6.45, 7) is 5.15. The maximum absolute atomic E-state index is 12.7. The first-order chi connectivity index (χ1) is 20.3. The number of methoxy groups -OCH3 is 1. The van der Waals surface area contributed by atoms with Crippen LogP contribution in [0.4, 0.5) is 4.79 Å². The summed E-state index contributed by atoms with van der Waals surface area (Å²) < 4.78 is 21.7. The Morgan fingerprint density at radius 1 is 0.619 bits per heavy atom. The minimum Gasteiger partial charge on any atom is -0.497 e. The number of esters is 1. The van der Waals surface area contributed by atoms with Crippen molar-refractivity contribution in [3.05, 3.63) is 107 Å². The van der Waals surface area contributed by atoms with Gasteiger partial charge in [-0.2, -0.15) is 0 Å². The van der Waals surface area contributed by atoms with Crippen LogP contribution < -0.4 is 18.9 Å². The Balaban J connectivity index is 1.27. The molecule has 6 heteroatoms. The molecule has 42 heavy (non-hydrogen) atoms. The van der Waals surface area contributed by atoms with Gasteiger partial charge >= 0.3 is 12.1 Å². The van der Waals surface area contributed by atoms with Gasteiger partial charge in [0, 0.05) is 12.3 Å².